The summed E-state index contributed by atoms with van der Waals surface area (Å²) in [6.45, 7) is 0.604. The molecule has 1 aliphatic rings. The van der Waals surface area contributed by atoms with Gasteiger partial charge in [-0.05, 0) is 29.5 Å². The molecule has 0 spiro atoms. The Morgan fingerprint density at radius 2 is 2.09 bits per heavy atom. The minimum atomic E-state index is -4.30. The Morgan fingerprint density at radius 1 is 1.39 bits per heavy atom. The zero-order valence-electron chi connectivity index (χ0n) is 12.2. The first-order valence-corrected chi connectivity index (χ1v) is 7.99. The molecule has 0 aliphatic carbocycles. The summed E-state index contributed by atoms with van der Waals surface area (Å²) >= 11 is -0.177. The second-order valence-corrected chi connectivity index (χ2v) is 6.28. The predicted octanol–water partition coefficient (Wildman–Crippen LogP) is 1.80. The summed E-state index contributed by atoms with van der Waals surface area (Å²) in [7, 11) is 0. The Bertz CT molecular complexity index is 554. The number of thioether (sulfide) groups is 1. The first-order chi connectivity index (χ1) is 10.8. The van der Waals surface area contributed by atoms with E-state index in [1.54, 1.807) is 29.4 Å². The van der Waals surface area contributed by atoms with Gasteiger partial charge in [0.05, 0.1) is 5.92 Å². The summed E-state index contributed by atoms with van der Waals surface area (Å²) in [5.41, 5.74) is -3.38. The SMILES string of the molecule is O=C(NCCSC(F)(F)F)[C@H]1CC(=O)N(Cc2ccncc2)C1. The fraction of sp³-hybridized carbons (Fsp3) is 0.500. The van der Waals surface area contributed by atoms with Crippen molar-refractivity contribution in [3.05, 3.63) is 30.1 Å². The lowest BCUT2D eigenvalue weighted by molar-refractivity contribution is -0.129. The normalized spacial score (nSPS) is 18.3. The fourth-order valence-corrected chi connectivity index (χ4v) is 2.73. The van der Waals surface area contributed by atoms with Gasteiger partial charge < -0.3 is 10.2 Å². The van der Waals surface area contributed by atoms with Crippen molar-refractivity contribution in [3.63, 3.8) is 0 Å². The number of hydrogen-bond donors (Lipinski definition) is 1. The number of likely N-dealkylation sites (tertiary alicyclic amines) is 1. The Morgan fingerprint density at radius 3 is 2.74 bits per heavy atom. The summed E-state index contributed by atoms with van der Waals surface area (Å²) in [4.78, 5) is 29.3. The van der Waals surface area contributed by atoms with Crippen LogP contribution in [0.4, 0.5) is 13.2 Å². The maximum absolute atomic E-state index is 12.0. The molecule has 1 aliphatic heterocycles. The van der Waals surface area contributed by atoms with Crippen LogP contribution in [0.15, 0.2) is 24.5 Å². The smallest absolute Gasteiger partial charge is 0.355 e. The summed E-state index contributed by atoms with van der Waals surface area (Å²) < 4.78 is 36.0. The van der Waals surface area contributed by atoms with E-state index >= 15 is 0 Å². The molecule has 0 unspecified atom stereocenters. The lowest BCUT2D eigenvalue weighted by atomic mass is 10.1. The maximum Gasteiger partial charge on any atom is 0.441 e. The number of hydrogen-bond acceptors (Lipinski definition) is 4. The van der Waals surface area contributed by atoms with Gasteiger partial charge in [0.25, 0.3) is 0 Å². The minimum Gasteiger partial charge on any atom is -0.355 e. The van der Waals surface area contributed by atoms with Crippen molar-refractivity contribution in [1.29, 1.82) is 0 Å². The quantitative estimate of drug-likeness (QED) is 0.797. The molecule has 126 valence electrons. The Labute approximate surface area is 135 Å². The van der Waals surface area contributed by atoms with Gasteiger partial charge in [-0.25, -0.2) is 0 Å². The molecule has 0 bridgehead atoms. The number of pyridine rings is 1. The molecule has 1 fully saturated rings. The molecule has 0 saturated carbocycles. The van der Waals surface area contributed by atoms with E-state index in [1.807, 2.05) is 0 Å². The van der Waals surface area contributed by atoms with Gasteiger partial charge in [0.15, 0.2) is 0 Å². The van der Waals surface area contributed by atoms with Crippen molar-refractivity contribution in [2.75, 3.05) is 18.8 Å². The zero-order chi connectivity index (χ0) is 16.9. The van der Waals surface area contributed by atoms with Crippen LogP contribution in [0, 0.1) is 5.92 Å². The van der Waals surface area contributed by atoms with Crippen molar-refractivity contribution in [3.8, 4) is 0 Å². The highest BCUT2D eigenvalue weighted by Gasteiger charge is 2.34. The standard InChI is InChI=1S/C14H16F3N3O2S/c15-14(16,17)23-6-5-19-13(22)11-7-12(21)20(9-11)8-10-1-3-18-4-2-10/h1-4,11H,5-9H2,(H,19,22)/t11-/m0/s1. The fourth-order valence-electron chi connectivity index (χ4n) is 2.29. The molecule has 0 radical (unpaired) electrons. The molecule has 2 heterocycles. The first kappa shape index (κ1) is 17.6. The van der Waals surface area contributed by atoms with E-state index in [-0.39, 0.29) is 48.8 Å². The van der Waals surface area contributed by atoms with E-state index in [0.717, 1.165) is 5.56 Å². The molecular formula is C14H16F3N3O2S. The lowest BCUT2D eigenvalue weighted by Gasteiger charge is -2.16. The van der Waals surface area contributed by atoms with Crippen LogP contribution in [0.5, 0.6) is 0 Å². The Kier molecular flexibility index (Phi) is 5.86. The molecule has 1 atom stereocenters. The third-order valence-corrected chi connectivity index (χ3v) is 4.11. The van der Waals surface area contributed by atoms with Crippen molar-refractivity contribution < 1.29 is 22.8 Å². The molecule has 23 heavy (non-hydrogen) atoms. The second-order valence-electron chi connectivity index (χ2n) is 5.12. The highest BCUT2D eigenvalue weighted by atomic mass is 32.2. The molecule has 1 N–H and O–H groups in total. The largest absolute Gasteiger partial charge is 0.441 e. The first-order valence-electron chi connectivity index (χ1n) is 7.00. The number of aromatic nitrogens is 1. The number of amides is 2. The van der Waals surface area contributed by atoms with Crippen molar-refractivity contribution in [2.24, 2.45) is 5.92 Å². The number of carbonyl (C=O) groups is 2. The van der Waals surface area contributed by atoms with E-state index in [9.17, 15) is 22.8 Å². The zero-order valence-corrected chi connectivity index (χ0v) is 13.0. The van der Waals surface area contributed by atoms with Crippen LogP contribution in [0.3, 0.4) is 0 Å². The molecule has 1 saturated heterocycles. The number of halogens is 3. The summed E-state index contributed by atoms with van der Waals surface area (Å²) in [5, 5.41) is 2.45. The van der Waals surface area contributed by atoms with Crippen LogP contribution in [0.1, 0.15) is 12.0 Å². The van der Waals surface area contributed by atoms with E-state index in [0.29, 0.717) is 6.54 Å². The third kappa shape index (κ3) is 5.74. The average molecular weight is 347 g/mol. The van der Waals surface area contributed by atoms with Gasteiger partial charge in [-0.15, -0.1) is 0 Å². The van der Waals surface area contributed by atoms with Gasteiger partial charge in [0, 0.05) is 44.2 Å². The summed E-state index contributed by atoms with van der Waals surface area (Å²) in [6.07, 6.45) is 3.33. The summed E-state index contributed by atoms with van der Waals surface area (Å²) in [5.74, 6) is -1.26. The predicted molar refractivity (Wildman–Crippen MR) is 79.3 cm³/mol. The van der Waals surface area contributed by atoms with Gasteiger partial charge in [-0.1, -0.05) is 0 Å². The monoisotopic (exact) mass is 347 g/mol. The van der Waals surface area contributed by atoms with Gasteiger partial charge in [0.2, 0.25) is 11.8 Å². The number of alkyl halides is 3. The number of nitrogens with zero attached hydrogens (tertiary/aromatic N) is 2. The van der Waals surface area contributed by atoms with Gasteiger partial charge in [0.1, 0.15) is 0 Å². The van der Waals surface area contributed by atoms with Crippen LogP contribution in [0.25, 0.3) is 0 Å². The van der Waals surface area contributed by atoms with E-state index in [2.05, 4.69) is 10.3 Å². The highest BCUT2D eigenvalue weighted by molar-refractivity contribution is 8.00. The van der Waals surface area contributed by atoms with E-state index < -0.39 is 11.4 Å². The van der Waals surface area contributed by atoms with Crippen LogP contribution >= 0.6 is 11.8 Å². The average Bonchev–Trinajstić information content (AvgIpc) is 2.85. The van der Waals surface area contributed by atoms with Gasteiger partial charge >= 0.3 is 5.51 Å². The third-order valence-electron chi connectivity index (χ3n) is 3.38. The summed E-state index contributed by atoms with van der Waals surface area (Å²) in [6, 6.07) is 3.57. The molecule has 2 amide bonds. The molecule has 5 nitrogen and oxygen atoms in total. The van der Waals surface area contributed by atoms with E-state index in [4.69, 9.17) is 0 Å². The van der Waals surface area contributed by atoms with Gasteiger partial charge in [-0.2, -0.15) is 13.2 Å². The number of nitrogens with one attached hydrogen (secondary N) is 1. The Balaban J connectivity index is 1.76. The molecule has 0 aromatic carbocycles. The van der Waals surface area contributed by atoms with Gasteiger partial charge in [-0.3, -0.25) is 14.6 Å². The number of rotatable bonds is 6. The van der Waals surface area contributed by atoms with Crippen molar-refractivity contribution in [2.45, 2.75) is 18.5 Å². The molecule has 2 rings (SSSR count). The Hall–Kier alpha value is -1.77. The molecule has 1 aromatic heterocycles. The number of carbonyl (C=O) groups excluding carboxylic acids is 2. The minimum absolute atomic E-state index is 0.0714. The van der Waals surface area contributed by atoms with Crippen molar-refractivity contribution in [1.82, 2.24) is 15.2 Å². The lowest BCUT2D eigenvalue weighted by Crippen LogP contribution is -2.34. The molecule has 9 heteroatoms. The van der Waals surface area contributed by atoms with Crippen molar-refractivity contribution >= 4 is 23.6 Å². The highest BCUT2D eigenvalue weighted by Crippen LogP contribution is 2.29. The topological polar surface area (TPSA) is 62.3 Å². The van der Waals surface area contributed by atoms with E-state index in [1.165, 1.54) is 0 Å². The van der Waals surface area contributed by atoms with Crippen LogP contribution in [-0.4, -0.2) is 46.0 Å². The van der Waals surface area contributed by atoms with Crippen LogP contribution in [-0.2, 0) is 16.1 Å². The molecule has 1 aromatic rings. The van der Waals surface area contributed by atoms with Crippen LogP contribution in [0.2, 0.25) is 0 Å². The second kappa shape index (κ2) is 7.67. The van der Waals surface area contributed by atoms with Crippen LogP contribution < -0.4 is 5.32 Å². The molecular weight excluding hydrogens is 331 g/mol. The maximum atomic E-state index is 12.0.